The number of carbonyl (C=O) groups is 2. The first-order chi connectivity index (χ1) is 10.9. The number of amides is 2. The number of hydrogen-bond donors (Lipinski definition) is 1. The van der Waals surface area contributed by atoms with Crippen LogP contribution in [-0.4, -0.2) is 50.6 Å². The largest absolute Gasteiger partial charge is 0.493 e. The Labute approximate surface area is 137 Å². The van der Waals surface area contributed by atoms with Crippen LogP contribution < -0.4 is 14.8 Å². The van der Waals surface area contributed by atoms with E-state index in [9.17, 15) is 9.59 Å². The second-order valence-corrected chi connectivity index (χ2v) is 5.62. The number of para-hydroxylation sites is 1. The Bertz CT molecular complexity index is 543. The van der Waals surface area contributed by atoms with Gasteiger partial charge in [0.25, 0.3) is 0 Å². The van der Waals surface area contributed by atoms with Gasteiger partial charge in [-0.25, -0.2) is 0 Å². The third-order valence-corrected chi connectivity index (χ3v) is 3.35. The van der Waals surface area contributed by atoms with E-state index in [0.717, 1.165) is 5.56 Å². The molecule has 0 unspecified atom stereocenters. The molecule has 0 aliphatic carbocycles. The zero-order valence-corrected chi connectivity index (χ0v) is 14.5. The summed E-state index contributed by atoms with van der Waals surface area (Å²) in [6.07, 6.45) is 0.824. The molecule has 0 radical (unpaired) electrons. The molecule has 2 amide bonds. The molecule has 0 spiro atoms. The van der Waals surface area contributed by atoms with Crippen LogP contribution in [0.5, 0.6) is 11.5 Å². The fourth-order valence-corrected chi connectivity index (χ4v) is 2.25. The molecule has 1 rings (SSSR count). The molecule has 0 heterocycles. The number of nitrogens with one attached hydrogen (secondary N) is 1. The van der Waals surface area contributed by atoms with E-state index < -0.39 is 0 Å². The van der Waals surface area contributed by atoms with Crippen LogP contribution in [-0.2, 0) is 16.0 Å². The van der Waals surface area contributed by atoms with Crippen molar-refractivity contribution in [2.45, 2.75) is 32.7 Å². The molecule has 6 heteroatoms. The highest BCUT2D eigenvalue weighted by Crippen LogP contribution is 2.31. The maximum atomic E-state index is 12.2. The normalized spacial score (nSPS) is 10.3. The van der Waals surface area contributed by atoms with E-state index in [1.165, 1.54) is 4.90 Å². The van der Waals surface area contributed by atoms with Gasteiger partial charge in [-0.3, -0.25) is 9.59 Å². The molecule has 0 atom stereocenters. The summed E-state index contributed by atoms with van der Waals surface area (Å²) >= 11 is 0. The zero-order valence-electron chi connectivity index (χ0n) is 14.5. The highest BCUT2D eigenvalue weighted by atomic mass is 16.5. The van der Waals surface area contributed by atoms with Gasteiger partial charge in [-0.1, -0.05) is 12.1 Å². The average molecular weight is 322 g/mol. The summed E-state index contributed by atoms with van der Waals surface area (Å²) in [5.74, 6) is 1.04. The van der Waals surface area contributed by atoms with Gasteiger partial charge in [0.2, 0.25) is 11.8 Å². The van der Waals surface area contributed by atoms with E-state index in [-0.39, 0.29) is 24.4 Å². The monoisotopic (exact) mass is 322 g/mol. The number of likely N-dealkylation sites (N-methyl/N-ethyl adjacent to an activating group) is 1. The molecule has 0 aromatic heterocycles. The molecule has 0 fully saturated rings. The predicted molar refractivity (Wildman–Crippen MR) is 88.8 cm³/mol. The van der Waals surface area contributed by atoms with Crippen molar-refractivity contribution in [1.29, 1.82) is 0 Å². The highest BCUT2D eigenvalue weighted by Gasteiger charge is 2.15. The van der Waals surface area contributed by atoms with Gasteiger partial charge in [-0.2, -0.15) is 0 Å². The minimum atomic E-state index is -0.158. The number of carbonyl (C=O) groups excluding carboxylic acids is 2. The van der Waals surface area contributed by atoms with Crippen LogP contribution in [0.1, 0.15) is 25.8 Å². The number of methoxy groups -OCH3 is 2. The molecular formula is C17H26N2O4. The fourth-order valence-electron chi connectivity index (χ4n) is 2.25. The van der Waals surface area contributed by atoms with Gasteiger partial charge in [0.05, 0.1) is 20.8 Å². The first-order valence-electron chi connectivity index (χ1n) is 7.62. The second kappa shape index (κ2) is 9.02. The van der Waals surface area contributed by atoms with Crippen molar-refractivity contribution < 1.29 is 19.1 Å². The first kappa shape index (κ1) is 18.8. The Morgan fingerprint density at radius 1 is 1.22 bits per heavy atom. The maximum Gasteiger partial charge on any atom is 0.239 e. The minimum absolute atomic E-state index is 0.0618. The molecule has 6 nitrogen and oxygen atoms in total. The lowest BCUT2D eigenvalue weighted by Crippen LogP contribution is -2.40. The van der Waals surface area contributed by atoms with E-state index in [4.69, 9.17) is 9.47 Å². The Morgan fingerprint density at radius 3 is 2.48 bits per heavy atom. The van der Waals surface area contributed by atoms with E-state index in [2.05, 4.69) is 5.32 Å². The van der Waals surface area contributed by atoms with E-state index in [0.29, 0.717) is 24.3 Å². The lowest BCUT2D eigenvalue weighted by molar-refractivity contribution is -0.134. The molecule has 23 heavy (non-hydrogen) atoms. The number of hydrogen-bond acceptors (Lipinski definition) is 4. The van der Waals surface area contributed by atoms with Crippen molar-refractivity contribution in [3.63, 3.8) is 0 Å². The topological polar surface area (TPSA) is 67.9 Å². The molecule has 1 aromatic carbocycles. The molecule has 1 N–H and O–H groups in total. The molecule has 0 saturated heterocycles. The number of ether oxygens (including phenoxy) is 2. The van der Waals surface area contributed by atoms with Crippen molar-refractivity contribution in [2.24, 2.45) is 0 Å². The molecule has 128 valence electrons. The van der Waals surface area contributed by atoms with Crippen molar-refractivity contribution in [3.05, 3.63) is 23.8 Å². The first-order valence-corrected chi connectivity index (χ1v) is 7.62. The minimum Gasteiger partial charge on any atom is -0.493 e. The van der Waals surface area contributed by atoms with Crippen LogP contribution in [0, 0.1) is 0 Å². The average Bonchev–Trinajstić information content (AvgIpc) is 2.50. The molecule has 0 aliphatic heterocycles. The summed E-state index contributed by atoms with van der Waals surface area (Å²) in [4.78, 5) is 25.3. The van der Waals surface area contributed by atoms with Crippen molar-refractivity contribution in [2.75, 3.05) is 27.8 Å². The fraction of sp³-hybridized carbons (Fsp3) is 0.529. The van der Waals surface area contributed by atoms with Crippen LogP contribution in [0.25, 0.3) is 0 Å². The van der Waals surface area contributed by atoms with Gasteiger partial charge in [-0.15, -0.1) is 0 Å². The molecule has 0 aliphatic rings. The molecule has 0 saturated carbocycles. The standard InChI is InChI=1S/C17H26N2O4/c1-12(2)18-15(20)11-19(3)16(21)10-9-13-7-6-8-14(22-4)17(13)23-5/h6-8,12H,9-11H2,1-5H3,(H,18,20). The summed E-state index contributed by atoms with van der Waals surface area (Å²) in [7, 11) is 4.78. The van der Waals surface area contributed by atoms with Crippen molar-refractivity contribution in [3.8, 4) is 11.5 Å². The third-order valence-electron chi connectivity index (χ3n) is 3.35. The van der Waals surface area contributed by atoms with E-state index in [1.807, 2.05) is 32.0 Å². The molecule has 0 bridgehead atoms. The van der Waals surface area contributed by atoms with Gasteiger partial charge in [-0.05, 0) is 31.9 Å². The van der Waals surface area contributed by atoms with Crippen LogP contribution in [0.3, 0.4) is 0 Å². The highest BCUT2D eigenvalue weighted by molar-refractivity contribution is 5.84. The second-order valence-electron chi connectivity index (χ2n) is 5.62. The van der Waals surface area contributed by atoms with Gasteiger partial charge in [0.1, 0.15) is 0 Å². The SMILES string of the molecule is COc1cccc(CCC(=O)N(C)CC(=O)NC(C)C)c1OC. The summed E-state index contributed by atoms with van der Waals surface area (Å²) in [5, 5.41) is 2.77. The number of aryl methyl sites for hydroxylation is 1. The van der Waals surface area contributed by atoms with Crippen molar-refractivity contribution in [1.82, 2.24) is 10.2 Å². The number of nitrogens with zero attached hydrogens (tertiary/aromatic N) is 1. The zero-order chi connectivity index (χ0) is 17.4. The van der Waals surface area contributed by atoms with Crippen LogP contribution >= 0.6 is 0 Å². The van der Waals surface area contributed by atoms with E-state index in [1.54, 1.807) is 21.3 Å². The summed E-state index contributed by atoms with van der Waals surface area (Å²) in [6.45, 7) is 3.83. The van der Waals surface area contributed by atoms with E-state index >= 15 is 0 Å². The Morgan fingerprint density at radius 2 is 1.91 bits per heavy atom. The Balaban J connectivity index is 2.61. The molecule has 1 aromatic rings. The summed E-state index contributed by atoms with van der Waals surface area (Å²) < 4.78 is 10.6. The summed E-state index contributed by atoms with van der Waals surface area (Å²) in [5.41, 5.74) is 0.903. The summed E-state index contributed by atoms with van der Waals surface area (Å²) in [6, 6.07) is 5.64. The van der Waals surface area contributed by atoms with Crippen molar-refractivity contribution >= 4 is 11.8 Å². The van der Waals surface area contributed by atoms with Gasteiger partial charge >= 0.3 is 0 Å². The number of rotatable bonds is 8. The lowest BCUT2D eigenvalue weighted by atomic mass is 10.1. The van der Waals surface area contributed by atoms with Crippen LogP contribution in [0.2, 0.25) is 0 Å². The van der Waals surface area contributed by atoms with Gasteiger partial charge in [0.15, 0.2) is 11.5 Å². The Kier molecular flexibility index (Phi) is 7.38. The number of benzene rings is 1. The third kappa shape index (κ3) is 5.81. The van der Waals surface area contributed by atoms with Gasteiger partial charge < -0.3 is 19.7 Å². The van der Waals surface area contributed by atoms with Gasteiger partial charge in [0, 0.05) is 19.5 Å². The predicted octanol–water partition coefficient (Wildman–Crippen LogP) is 1.62. The maximum absolute atomic E-state index is 12.2. The van der Waals surface area contributed by atoms with Crippen LogP contribution in [0.4, 0.5) is 0 Å². The lowest BCUT2D eigenvalue weighted by Gasteiger charge is -2.18. The molecular weight excluding hydrogens is 296 g/mol. The van der Waals surface area contributed by atoms with Crippen LogP contribution in [0.15, 0.2) is 18.2 Å². The Hall–Kier alpha value is -2.24. The quantitative estimate of drug-likeness (QED) is 0.790. The smallest absolute Gasteiger partial charge is 0.239 e.